The van der Waals surface area contributed by atoms with Gasteiger partial charge in [-0.25, -0.2) is 14.6 Å². The second kappa shape index (κ2) is 13.6. The van der Waals surface area contributed by atoms with Crippen LogP contribution >= 0.6 is 12.4 Å². The van der Waals surface area contributed by atoms with Crippen molar-refractivity contribution < 1.29 is 14.3 Å². The maximum absolute atomic E-state index is 12.3. The number of aromatic nitrogens is 2. The Labute approximate surface area is 217 Å². The Bertz CT molecular complexity index is 1160. The third-order valence-electron chi connectivity index (χ3n) is 6.07. The third kappa shape index (κ3) is 7.29. The van der Waals surface area contributed by atoms with E-state index in [2.05, 4.69) is 30.8 Å². The average Bonchev–Trinajstić information content (AvgIpc) is 2.88. The number of fused-ring (bicyclic) bond motifs is 1. The van der Waals surface area contributed by atoms with Crippen LogP contribution in [0.15, 0.2) is 48.9 Å². The molecule has 0 spiro atoms. The number of hydrogen-bond donors (Lipinski definition) is 3. The summed E-state index contributed by atoms with van der Waals surface area (Å²) in [5.74, 6) is 0.445. The lowest BCUT2D eigenvalue weighted by atomic mass is 9.96. The van der Waals surface area contributed by atoms with E-state index in [0.29, 0.717) is 25.5 Å². The second-order valence-corrected chi connectivity index (χ2v) is 8.50. The number of carbonyl (C=O) groups is 2. The van der Waals surface area contributed by atoms with E-state index in [9.17, 15) is 9.59 Å². The average molecular weight is 513 g/mol. The SMILES string of the molecule is CCNC(=O)Nc1cc2c(-c3ccncc3)ccc(CNC(=O)OCCN3CCCCC3)c2cn1.Cl. The number of alkyl carbamates (subject to hydrolysis) is 1. The molecule has 9 nitrogen and oxygen atoms in total. The van der Waals surface area contributed by atoms with Crippen LogP contribution in [-0.4, -0.2) is 59.8 Å². The van der Waals surface area contributed by atoms with E-state index >= 15 is 0 Å². The fraction of sp³-hybridized carbons (Fsp3) is 0.385. The number of pyridine rings is 2. The van der Waals surface area contributed by atoms with Crippen LogP contribution in [0.1, 0.15) is 31.7 Å². The molecule has 0 saturated carbocycles. The van der Waals surface area contributed by atoms with E-state index in [1.807, 2.05) is 37.3 Å². The van der Waals surface area contributed by atoms with Crippen LogP contribution in [0.3, 0.4) is 0 Å². The highest BCUT2D eigenvalue weighted by Gasteiger charge is 2.13. The van der Waals surface area contributed by atoms with Crippen molar-refractivity contribution in [1.82, 2.24) is 25.5 Å². The minimum absolute atomic E-state index is 0. The van der Waals surface area contributed by atoms with Crippen LogP contribution < -0.4 is 16.0 Å². The van der Waals surface area contributed by atoms with E-state index in [0.717, 1.165) is 47.1 Å². The molecule has 1 aliphatic heterocycles. The molecule has 2 aromatic heterocycles. The van der Waals surface area contributed by atoms with E-state index in [-0.39, 0.29) is 18.4 Å². The number of nitrogens with one attached hydrogen (secondary N) is 3. The maximum atomic E-state index is 12.3. The van der Waals surface area contributed by atoms with Gasteiger partial charge >= 0.3 is 12.1 Å². The number of likely N-dealkylation sites (tertiary alicyclic amines) is 1. The van der Waals surface area contributed by atoms with Crippen molar-refractivity contribution in [2.75, 3.05) is 38.1 Å². The summed E-state index contributed by atoms with van der Waals surface area (Å²) in [5, 5.41) is 10.1. The first-order valence-electron chi connectivity index (χ1n) is 12.1. The smallest absolute Gasteiger partial charge is 0.407 e. The number of amides is 3. The summed E-state index contributed by atoms with van der Waals surface area (Å²) in [6.45, 7) is 5.97. The molecule has 10 heteroatoms. The number of nitrogens with zero attached hydrogens (tertiary/aromatic N) is 3. The zero-order chi connectivity index (χ0) is 24.5. The summed E-state index contributed by atoms with van der Waals surface area (Å²) in [6.07, 6.45) is 8.48. The number of piperidine rings is 1. The molecular weight excluding hydrogens is 480 g/mol. The van der Waals surface area contributed by atoms with Crippen LogP contribution in [0.5, 0.6) is 0 Å². The standard InChI is InChI=1S/C26H32N6O3.ClH/c1-2-28-25(33)31-24-16-22-21(19-8-10-27-11-9-19)7-6-20(23(22)18-29-24)17-30-26(34)35-15-14-32-12-4-3-5-13-32;/h6-11,16,18H,2-5,12-15,17H2,1H3,(H,30,34)(H2,28,29,31,33);1H. The molecule has 0 radical (unpaired) electrons. The van der Waals surface area contributed by atoms with Gasteiger partial charge in [0.25, 0.3) is 0 Å². The predicted molar refractivity (Wildman–Crippen MR) is 143 cm³/mol. The lowest BCUT2D eigenvalue weighted by molar-refractivity contribution is 0.120. The van der Waals surface area contributed by atoms with Gasteiger partial charge in [-0.05, 0) is 73.1 Å². The Balaban J connectivity index is 0.00000361. The zero-order valence-electron chi connectivity index (χ0n) is 20.5. The Morgan fingerprint density at radius 2 is 1.81 bits per heavy atom. The van der Waals surface area contributed by atoms with Gasteiger partial charge in [-0.3, -0.25) is 15.2 Å². The van der Waals surface area contributed by atoms with Gasteiger partial charge in [0, 0.05) is 43.6 Å². The molecule has 1 aliphatic rings. The van der Waals surface area contributed by atoms with Crippen molar-refractivity contribution in [3.63, 3.8) is 0 Å². The first-order chi connectivity index (χ1) is 17.1. The highest BCUT2D eigenvalue weighted by molar-refractivity contribution is 6.00. The Hall–Kier alpha value is -3.43. The van der Waals surface area contributed by atoms with Crippen molar-refractivity contribution >= 4 is 41.1 Å². The Morgan fingerprint density at radius 3 is 2.56 bits per heavy atom. The summed E-state index contributed by atoms with van der Waals surface area (Å²) in [6, 6.07) is 9.39. The monoisotopic (exact) mass is 512 g/mol. The molecule has 4 rings (SSSR count). The minimum Gasteiger partial charge on any atom is -0.448 e. The number of rotatable bonds is 8. The van der Waals surface area contributed by atoms with E-state index in [1.165, 1.54) is 19.3 Å². The van der Waals surface area contributed by atoms with Gasteiger partial charge < -0.3 is 15.4 Å². The molecule has 1 fully saturated rings. The molecule has 3 amide bonds. The predicted octanol–water partition coefficient (Wildman–Crippen LogP) is 4.57. The van der Waals surface area contributed by atoms with Crippen molar-refractivity contribution in [2.45, 2.75) is 32.7 Å². The number of urea groups is 1. The molecule has 0 bridgehead atoms. The third-order valence-corrected chi connectivity index (χ3v) is 6.07. The van der Waals surface area contributed by atoms with Crippen LogP contribution in [-0.2, 0) is 11.3 Å². The van der Waals surface area contributed by atoms with Gasteiger partial charge in [-0.2, -0.15) is 0 Å². The molecule has 3 aromatic rings. The van der Waals surface area contributed by atoms with Crippen LogP contribution in [0.2, 0.25) is 0 Å². The number of carbonyl (C=O) groups excluding carboxylic acids is 2. The molecular formula is C26H33ClN6O3. The van der Waals surface area contributed by atoms with E-state index in [4.69, 9.17) is 4.74 Å². The molecule has 36 heavy (non-hydrogen) atoms. The molecule has 0 unspecified atom stereocenters. The van der Waals surface area contributed by atoms with E-state index < -0.39 is 6.09 Å². The summed E-state index contributed by atoms with van der Waals surface area (Å²) in [7, 11) is 0. The summed E-state index contributed by atoms with van der Waals surface area (Å²) >= 11 is 0. The molecule has 3 N–H and O–H groups in total. The first kappa shape index (κ1) is 27.2. The van der Waals surface area contributed by atoms with Gasteiger partial charge in [-0.15, -0.1) is 12.4 Å². The van der Waals surface area contributed by atoms with E-state index in [1.54, 1.807) is 18.6 Å². The van der Waals surface area contributed by atoms with Crippen molar-refractivity contribution in [1.29, 1.82) is 0 Å². The number of benzene rings is 1. The molecule has 0 atom stereocenters. The molecule has 3 heterocycles. The number of halogens is 1. The summed E-state index contributed by atoms with van der Waals surface area (Å²) in [5.41, 5.74) is 2.89. The van der Waals surface area contributed by atoms with Crippen LogP contribution in [0.4, 0.5) is 15.4 Å². The van der Waals surface area contributed by atoms with Gasteiger partial charge in [0.2, 0.25) is 0 Å². The summed E-state index contributed by atoms with van der Waals surface area (Å²) < 4.78 is 5.39. The highest BCUT2D eigenvalue weighted by atomic mass is 35.5. The van der Waals surface area contributed by atoms with Gasteiger partial charge in [0.15, 0.2) is 0 Å². The Morgan fingerprint density at radius 1 is 1.03 bits per heavy atom. The number of hydrogen-bond acceptors (Lipinski definition) is 6. The lowest BCUT2D eigenvalue weighted by Crippen LogP contribution is -2.34. The summed E-state index contributed by atoms with van der Waals surface area (Å²) in [4.78, 5) is 35.2. The van der Waals surface area contributed by atoms with Crippen LogP contribution in [0, 0.1) is 0 Å². The largest absolute Gasteiger partial charge is 0.448 e. The maximum Gasteiger partial charge on any atom is 0.407 e. The fourth-order valence-electron chi connectivity index (χ4n) is 4.29. The minimum atomic E-state index is -0.434. The zero-order valence-corrected chi connectivity index (χ0v) is 21.3. The van der Waals surface area contributed by atoms with Crippen molar-refractivity contribution in [2.24, 2.45) is 0 Å². The van der Waals surface area contributed by atoms with Gasteiger partial charge in [-0.1, -0.05) is 18.6 Å². The van der Waals surface area contributed by atoms with Crippen LogP contribution in [0.25, 0.3) is 21.9 Å². The highest BCUT2D eigenvalue weighted by Crippen LogP contribution is 2.31. The lowest BCUT2D eigenvalue weighted by Gasteiger charge is -2.25. The molecule has 0 aliphatic carbocycles. The molecule has 1 saturated heterocycles. The second-order valence-electron chi connectivity index (χ2n) is 8.50. The number of ether oxygens (including phenoxy) is 1. The quantitative estimate of drug-likeness (QED) is 0.408. The van der Waals surface area contributed by atoms with Crippen molar-refractivity contribution in [3.05, 3.63) is 54.5 Å². The first-order valence-corrected chi connectivity index (χ1v) is 12.1. The van der Waals surface area contributed by atoms with Crippen molar-refractivity contribution in [3.8, 4) is 11.1 Å². The Kier molecular flexibility index (Phi) is 10.3. The molecule has 1 aromatic carbocycles. The van der Waals surface area contributed by atoms with Gasteiger partial charge in [0.1, 0.15) is 12.4 Å². The normalized spacial score (nSPS) is 13.5. The topological polar surface area (TPSA) is 108 Å². The fourth-order valence-corrected chi connectivity index (χ4v) is 4.29. The molecule has 192 valence electrons. The van der Waals surface area contributed by atoms with Gasteiger partial charge in [0.05, 0.1) is 0 Å². The number of anilines is 1.